The summed E-state index contributed by atoms with van der Waals surface area (Å²) in [5.41, 5.74) is 1.45. The summed E-state index contributed by atoms with van der Waals surface area (Å²) in [5, 5.41) is 3.05. The predicted octanol–water partition coefficient (Wildman–Crippen LogP) is 1.70. The average molecular weight is 332 g/mol. The van der Waals surface area contributed by atoms with Gasteiger partial charge in [-0.05, 0) is 42.5 Å². The van der Waals surface area contributed by atoms with Gasteiger partial charge in [0.05, 0.1) is 4.90 Å². The number of pyridine rings is 1. The molecule has 0 aliphatic heterocycles. The van der Waals surface area contributed by atoms with Crippen LogP contribution in [0.3, 0.4) is 0 Å². The molecule has 1 saturated carbocycles. The molecular weight excluding hydrogens is 312 g/mol. The lowest BCUT2D eigenvalue weighted by atomic mass is 10.1. The maximum Gasteiger partial charge on any atom is 0.247 e. The van der Waals surface area contributed by atoms with Gasteiger partial charge in [0.15, 0.2) is 9.84 Å². The number of aromatic nitrogens is 1. The van der Waals surface area contributed by atoms with Gasteiger partial charge in [-0.1, -0.05) is 24.3 Å². The summed E-state index contributed by atoms with van der Waals surface area (Å²) in [4.78, 5) is 14.1. The summed E-state index contributed by atoms with van der Waals surface area (Å²) >= 11 is 0. The molecule has 3 rings (SSSR count). The van der Waals surface area contributed by atoms with Crippen LogP contribution >= 0.6 is 0 Å². The molecule has 2 N–H and O–H groups in total. The Labute approximate surface area is 135 Å². The second-order valence-corrected chi connectivity index (χ2v) is 7.96. The van der Waals surface area contributed by atoms with E-state index < -0.39 is 9.84 Å². The Hall–Kier alpha value is -1.92. The molecular formula is C17H20N2O3S. The third-order valence-electron chi connectivity index (χ3n) is 3.97. The fourth-order valence-electron chi connectivity index (χ4n) is 2.52. The van der Waals surface area contributed by atoms with E-state index in [1.165, 1.54) is 18.9 Å². The highest BCUT2D eigenvalue weighted by Gasteiger charge is 2.23. The van der Waals surface area contributed by atoms with Crippen LogP contribution in [0.25, 0.3) is 0 Å². The molecule has 1 fully saturated rings. The number of hydrogen-bond acceptors (Lipinski definition) is 4. The highest BCUT2D eigenvalue weighted by Crippen LogP contribution is 2.27. The average Bonchev–Trinajstić information content (AvgIpc) is 3.34. The molecule has 1 aliphatic carbocycles. The Bertz CT molecular complexity index is 818. The van der Waals surface area contributed by atoms with Crippen molar-refractivity contribution in [3.8, 4) is 0 Å². The maximum absolute atomic E-state index is 12.6. The van der Waals surface area contributed by atoms with E-state index in [9.17, 15) is 13.2 Å². The van der Waals surface area contributed by atoms with Crippen LogP contribution in [0.1, 0.15) is 24.0 Å². The summed E-state index contributed by atoms with van der Waals surface area (Å²) in [7, 11) is -3.37. The van der Waals surface area contributed by atoms with Crippen molar-refractivity contribution in [2.24, 2.45) is 5.92 Å². The van der Waals surface area contributed by atoms with Crippen LogP contribution in [0, 0.1) is 5.92 Å². The van der Waals surface area contributed by atoms with Crippen molar-refractivity contribution in [1.82, 2.24) is 10.3 Å². The van der Waals surface area contributed by atoms with Gasteiger partial charge in [-0.2, -0.15) is 0 Å². The topological polar surface area (TPSA) is 79.0 Å². The van der Waals surface area contributed by atoms with Crippen molar-refractivity contribution < 1.29 is 8.42 Å². The lowest BCUT2D eigenvalue weighted by Crippen LogP contribution is -2.25. The van der Waals surface area contributed by atoms with Crippen LogP contribution in [-0.2, 0) is 16.3 Å². The van der Waals surface area contributed by atoms with E-state index in [0.717, 1.165) is 17.7 Å². The van der Waals surface area contributed by atoms with Crippen molar-refractivity contribution in [2.75, 3.05) is 12.4 Å². The minimum absolute atomic E-state index is 0.0356. The van der Waals surface area contributed by atoms with Crippen LogP contribution in [0.15, 0.2) is 52.3 Å². The Morgan fingerprint density at radius 2 is 1.91 bits per heavy atom. The predicted molar refractivity (Wildman–Crippen MR) is 89.1 cm³/mol. The monoisotopic (exact) mass is 332 g/mol. The molecule has 0 bridgehead atoms. The zero-order chi connectivity index (χ0) is 16.3. The number of sulfone groups is 1. The van der Waals surface area contributed by atoms with Gasteiger partial charge in [0.25, 0.3) is 0 Å². The van der Waals surface area contributed by atoms with Gasteiger partial charge < -0.3 is 10.3 Å². The second kappa shape index (κ2) is 6.68. The number of hydrogen-bond donors (Lipinski definition) is 2. The molecule has 23 heavy (non-hydrogen) atoms. The summed E-state index contributed by atoms with van der Waals surface area (Å²) in [5.74, 6) is 0.605. The largest absolute Gasteiger partial charge is 0.329 e. The third-order valence-corrected chi connectivity index (χ3v) is 5.63. The molecule has 0 unspecified atom stereocenters. The summed E-state index contributed by atoms with van der Waals surface area (Å²) < 4.78 is 25.2. The SMILES string of the molecule is O=c1ccc(Cc2ccccc2S(=O)(=O)CNCC2CC2)c[nH]1. The van der Waals surface area contributed by atoms with Crippen LogP contribution in [-0.4, -0.2) is 25.8 Å². The Balaban J connectivity index is 1.78. The molecule has 0 amide bonds. The molecule has 1 aliphatic rings. The van der Waals surface area contributed by atoms with Gasteiger partial charge in [-0.3, -0.25) is 4.79 Å². The van der Waals surface area contributed by atoms with Gasteiger partial charge in [0.1, 0.15) is 5.88 Å². The van der Waals surface area contributed by atoms with E-state index in [4.69, 9.17) is 0 Å². The van der Waals surface area contributed by atoms with E-state index in [2.05, 4.69) is 10.3 Å². The quantitative estimate of drug-likeness (QED) is 0.809. The zero-order valence-corrected chi connectivity index (χ0v) is 13.6. The van der Waals surface area contributed by atoms with Gasteiger partial charge in [0, 0.05) is 18.7 Å². The molecule has 2 aromatic rings. The number of aromatic amines is 1. The molecule has 5 nitrogen and oxygen atoms in total. The number of H-pyrrole nitrogens is 1. The molecule has 1 aromatic carbocycles. The van der Waals surface area contributed by atoms with Crippen molar-refractivity contribution >= 4 is 9.84 Å². The van der Waals surface area contributed by atoms with Gasteiger partial charge in [0.2, 0.25) is 5.56 Å². The van der Waals surface area contributed by atoms with E-state index in [1.54, 1.807) is 24.4 Å². The first-order valence-corrected chi connectivity index (χ1v) is 9.39. The molecule has 1 heterocycles. The number of nitrogens with one attached hydrogen (secondary N) is 2. The fourth-order valence-corrected chi connectivity index (χ4v) is 3.89. The highest BCUT2D eigenvalue weighted by atomic mass is 32.2. The smallest absolute Gasteiger partial charge is 0.247 e. The first kappa shape index (κ1) is 16.0. The van der Waals surface area contributed by atoms with Gasteiger partial charge in [-0.15, -0.1) is 0 Å². The minimum Gasteiger partial charge on any atom is -0.329 e. The maximum atomic E-state index is 12.6. The van der Waals surface area contributed by atoms with E-state index in [1.807, 2.05) is 12.1 Å². The molecule has 0 atom stereocenters. The Morgan fingerprint density at radius 3 is 2.61 bits per heavy atom. The molecule has 0 spiro atoms. The zero-order valence-electron chi connectivity index (χ0n) is 12.8. The van der Waals surface area contributed by atoms with Gasteiger partial charge >= 0.3 is 0 Å². The second-order valence-electron chi connectivity index (χ2n) is 6.00. The lowest BCUT2D eigenvalue weighted by Gasteiger charge is -2.11. The van der Waals surface area contributed by atoms with Crippen molar-refractivity contribution in [2.45, 2.75) is 24.2 Å². The summed E-state index contributed by atoms with van der Waals surface area (Å²) in [6.45, 7) is 0.765. The summed E-state index contributed by atoms with van der Waals surface area (Å²) in [6.07, 6.45) is 4.47. The van der Waals surface area contributed by atoms with Crippen molar-refractivity contribution in [3.63, 3.8) is 0 Å². The first-order chi connectivity index (χ1) is 11.0. The minimum atomic E-state index is -3.37. The van der Waals surface area contributed by atoms with E-state index in [-0.39, 0.29) is 11.4 Å². The van der Waals surface area contributed by atoms with Crippen molar-refractivity contribution in [3.05, 3.63) is 64.1 Å². The standard InChI is InChI=1S/C17H20N2O3S/c20-17-8-7-14(11-19-17)9-15-3-1-2-4-16(15)23(21,22)12-18-10-13-5-6-13/h1-4,7-8,11,13,18H,5-6,9-10,12H2,(H,19,20). The highest BCUT2D eigenvalue weighted by molar-refractivity contribution is 7.91. The van der Waals surface area contributed by atoms with E-state index >= 15 is 0 Å². The van der Waals surface area contributed by atoms with Crippen LogP contribution in [0.5, 0.6) is 0 Å². The molecule has 1 aromatic heterocycles. The molecule has 0 radical (unpaired) electrons. The van der Waals surface area contributed by atoms with Crippen LogP contribution in [0.2, 0.25) is 0 Å². The third kappa shape index (κ3) is 4.30. The molecule has 0 saturated heterocycles. The lowest BCUT2D eigenvalue weighted by molar-refractivity contribution is 0.582. The normalized spacial score (nSPS) is 14.8. The molecule has 6 heteroatoms. The first-order valence-electron chi connectivity index (χ1n) is 7.73. The number of benzene rings is 1. The molecule has 122 valence electrons. The van der Waals surface area contributed by atoms with Crippen LogP contribution in [0.4, 0.5) is 0 Å². The van der Waals surface area contributed by atoms with Crippen molar-refractivity contribution in [1.29, 1.82) is 0 Å². The summed E-state index contributed by atoms with van der Waals surface area (Å²) in [6, 6.07) is 10.2. The Kier molecular flexibility index (Phi) is 4.63. The number of rotatable bonds is 7. The van der Waals surface area contributed by atoms with Gasteiger partial charge in [-0.25, -0.2) is 8.42 Å². The Morgan fingerprint density at radius 1 is 1.13 bits per heavy atom. The van der Waals surface area contributed by atoms with E-state index in [0.29, 0.717) is 17.2 Å². The fraction of sp³-hybridized carbons (Fsp3) is 0.353. The van der Waals surface area contributed by atoms with Crippen LogP contribution < -0.4 is 10.9 Å².